The van der Waals surface area contributed by atoms with E-state index in [0.29, 0.717) is 37.8 Å². The Labute approximate surface area is 81.9 Å². The fraction of sp³-hybridized carbons (Fsp3) is 0.857. The number of rotatable bonds is 6. The largest absolute Gasteiger partial charge is 0.508 e. The lowest BCUT2D eigenvalue weighted by Gasteiger charge is -2.03. The van der Waals surface area contributed by atoms with Gasteiger partial charge in [-0.15, -0.1) is 23.2 Å². The van der Waals surface area contributed by atoms with Crippen LogP contribution < -0.4 is 0 Å². The number of alkyl halides is 2. The van der Waals surface area contributed by atoms with Gasteiger partial charge in [-0.05, 0) is 12.8 Å². The smallest absolute Gasteiger partial charge is 0.434 e. The third-order valence-electron chi connectivity index (χ3n) is 0.996. The Morgan fingerprint density at radius 2 is 1.42 bits per heavy atom. The first-order chi connectivity index (χ1) is 5.81. The van der Waals surface area contributed by atoms with Gasteiger partial charge in [0.15, 0.2) is 0 Å². The molecule has 0 fully saturated rings. The Bertz CT molecular complexity index is 107. The van der Waals surface area contributed by atoms with Crippen molar-refractivity contribution in [2.75, 3.05) is 25.0 Å². The molecule has 12 heavy (non-hydrogen) atoms. The van der Waals surface area contributed by atoms with Crippen molar-refractivity contribution >= 4 is 29.4 Å². The van der Waals surface area contributed by atoms with Crippen LogP contribution in [0.2, 0.25) is 0 Å². The van der Waals surface area contributed by atoms with E-state index in [1.807, 2.05) is 0 Å². The number of ether oxygens (including phenoxy) is 2. The van der Waals surface area contributed by atoms with E-state index in [-0.39, 0.29) is 0 Å². The molecule has 0 atom stereocenters. The van der Waals surface area contributed by atoms with Gasteiger partial charge in [0, 0.05) is 11.8 Å². The second-order valence-corrected chi connectivity index (χ2v) is 2.79. The number of carbonyl (C=O) groups is 1. The van der Waals surface area contributed by atoms with E-state index >= 15 is 0 Å². The topological polar surface area (TPSA) is 35.5 Å². The SMILES string of the molecule is O=C(OCCCCl)OCCCCl. The molecule has 0 heterocycles. The zero-order valence-corrected chi connectivity index (χ0v) is 8.24. The second-order valence-electron chi connectivity index (χ2n) is 2.03. The van der Waals surface area contributed by atoms with E-state index in [1.165, 1.54) is 0 Å². The van der Waals surface area contributed by atoms with Crippen LogP contribution >= 0.6 is 23.2 Å². The molecule has 0 amide bonds. The molecule has 0 aromatic rings. The third kappa shape index (κ3) is 7.95. The lowest BCUT2D eigenvalue weighted by atomic mass is 10.5. The molecule has 0 saturated heterocycles. The Morgan fingerprint density at radius 3 is 1.75 bits per heavy atom. The summed E-state index contributed by atoms with van der Waals surface area (Å²) in [6, 6.07) is 0. The molecule has 0 rings (SSSR count). The van der Waals surface area contributed by atoms with Crippen LogP contribution in [0.15, 0.2) is 0 Å². The summed E-state index contributed by atoms with van der Waals surface area (Å²) in [6.45, 7) is 0.617. The predicted octanol–water partition coefficient (Wildman–Crippen LogP) is 2.40. The predicted molar refractivity (Wildman–Crippen MR) is 48.0 cm³/mol. The van der Waals surface area contributed by atoms with Gasteiger partial charge in [0.1, 0.15) is 0 Å². The van der Waals surface area contributed by atoms with Crippen LogP contribution in [0.1, 0.15) is 12.8 Å². The van der Waals surface area contributed by atoms with E-state index in [2.05, 4.69) is 9.47 Å². The molecule has 0 aliphatic heterocycles. The Balaban J connectivity index is 3.10. The molecule has 0 N–H and O–H groups in total. The number of hydrogen-bond acceptors (Lipinski definition) is 3. The highest BCUT2D eigenvalue weighted by molar-refractivity contribution is 6.18. The lowest BCUT2D eigenvalue weighted by molar-refractivity contribution is 0.0558. The molecule has 72 valence electrons. The third-order valence-corrected chi connectivity index (χ3v) is 1.53. The van der Waals surface area contributed by atoms with Crippen molar-refractivity contribution in [3.8, 4) is 0 Å². The van der Waals surface area contributed by atoms with Crippen LogP contribution in [0.25, 0.3) is 0 Å². The molecule has 3 nitrogen and oxygen atoms in total. The number of carbonyl (C=O) groups excluding carboxylic acids is 1. The monoisotopic (exact) mass is 214 g/mol. The lowest BCUT2D eigenvalue weighted by Crippen LogP contribution is -2.09. The Hall–Kier alpha value is -0.150. The van der Waals surface area contributed by atoms with Gasteiger partial charge < -0.3 is 9.47 Å². The maximum Gasteiger partial charge on any atom is 0.508 e. The van der Waals surface area contributed by atoms with Crippen molar-refractivity contribution in [1.82, 2.24) is 0 Å². The fourth-order valence-electron chi connectivity index (χ4n) is 0.462. The van der Waals surface area contributed by atoms with Gasteiger partial charge >= 0.3 is 6.16 Å². The van der Waals surface area contributed by atoms with E-state index < -0.39 is 6.16 Å². The first-order valence-electron chi connectivity index (χ1n) is 3.72. The van der Waals surface area contributed by atoms with Crippen LogP contribution in [0, 0.1) is 0 Å². The van der Waals surface area contributed by atoms with Crippen LogP contribution in [0.5, 0.6) is 0 Å². The molecule has 0 saturated carbocycles. The summed E-state index contributed by atoms with van der Waals surface area (Å²) in [5.41, 5.74) is 0. The van der Waals surface area contributed by atoms with E-state index in [0.717, 1.165) is 0 Å². The fourth-order valence-corrected chi connectivity index (χ4v) is 0.680. The molecule has 5 heteroatoms. The molecule has 0 aromatic carbocycles. The van der Waals surface area contributed by atoms with Crippen molar-refractivity contribution in [3.05, 3.63) is 0 Å². The van der Waals surface area contributed by atoms with Gasteiger partial charge in [0.05, 0.1) is 13.2 Å². The van der Waals surface area contributed by atoms with Crippen LogP contribution in [0.3, 0.4) is 0 Å². The van der Waals surface area contributed by atoms with E-state index in [4.69, 9.17) is 23.2 Å². The highest BCUT2D eigenvalue weighted by Gasteiger charge is 2.01. The van der Waals surface area contributed by atoms with E-state index in [1.54, 1.807) is 0 Å². The minimum absolute atomic E-state index is 0.309. The molecule has 0 bridgehead atoms. The van der Waals surface area contributed by atoms with E-state index in [9.17, 15) is 4.79 Å². The van der Waals surface area contributed by atoms with Gasteiger partial charge in [-0.2, -0.15) is 0 Å². The maximum absolute atomic E-state index is 10.7. The standard InChI is InChI=1S/C7H12Cl2O3/c8-3-1-5-11-7(10)12-6-2-4-9/h1-6H2. The van der Waals surface area contributed by atoms with Crippen LogP contribution in [-0.2, 0) is 9.47 Å². The molecule has 0 aliphatic rings. The summed E-state index contributed by atoms with van der Waals surface area (Å²) in [5.74, 6) is 0.962. The van der Waals surface area contributed by atoms with Crippen molar-refractivity contribution < 1.29 is 14.3 Å². The Morgan fingerprint density at radius 1 is 1.00 bits per heavy atom. The van der Waals surface area contributed by atoms with Crippen molar-refractivity contribution in [2.45, 2.75) is 12.8 Å². The second kappa shape index (κ2) is 8.94. The quantitative estimate of drug-likeness (QED) is 0.387. The minimum Gasteiger partial charge on any atom is -0.434 e. The molecule has 0 aromatic heterocycles. The minimum atomic E-state index is -0.648. The van der Waals surface area contributed by atoms with Gasteiger partial charge in [0.2, 0.25) is 0 Å². The number of hydrogen-bond donors (Lipinski definition) is 0. The maximum atomic E-state index is 10.7. The summed E-state index contributed by atoms with van der Waals surface area (Å²) in [5, 5.41) is 0. The van der Waals surface area contributed by atoms with Gasteiger partial charge in [-0.1, -0.05) is 0 Å². The molecule has 0 spiro atoms. The summed E-state index contributed by atoms with van der Waals surface area (Å²) in [4.78, 5) is 10.7. The van der Waals surface area contributed by atoms with Crippen LogP contribution in [0.4, 0.5) is 4.79 Å². The summed E-state index contributed by atoms with van der Waals surface area (Å²) in [6.07, 6.45) is 0.642. The average molecular weight is 215 g/mol. The molecular weight excluding hydrogens is 203 g/mol. The first-order valence-corrected chi connectivity index (χ1v) is 4.79. The van der Waals surface area contributed by atoms with Crippen molar-refractivity contribution in [1.29, 1.82) is 0 Å². The zero-order valence-electron chi connectivity index (χ0n) is 6.72. The Kier molecular flexibility index (Phi) is 8.83. The first kappa shape index (κ1) is 11.8. The average Bonchev–Trinajstić information content (AvgIpc) is 2.06. The van der Waals surface area contributed by atoms with Gasteiger partial charge in [-0.25, -0.2) is 4.79 Å². The van der Waals surface area contributed by atoms with Gasteiger partial charge in [-0.3, -0.25) is 0 Å². The van der Waals surface area contributed by atoms with Gasteiger partial charge in [0.25, 0.3) is 0 Å². The normalized spacial score (nSPS) is 9.50. The van der Waals surface area contributed by atoms with Crippen molar-refractivity contribution in [2.24, 2.45) is 0 Å². The summed E-state index contributed by atoms with van der Waals surface area (Å²) in [7, 11) is 0. The number of halogens is 2. The molecule has 0 radical (unpaired) electrons. The summed E-state index contributed by atoms with van der Waals surface area (Å²) >= 11 is 10.7. The molecule has 0 unspecified atom stereocenters. The molecular formula is C7H12Cl2O3. The highest BCUT2D eigenvalue weighted by Crippen LogP contribution is 1.92. The molecule has 0 aliphatic carbocycles. The highest BCUT2D eigenvalue weighted by atomic mass is 35.5. The van der Waals surface area contributed by atoms with Crippen LogP contribution in [-0.4, -0.2) is 31.1 Å². The summed E-state index contributed by atoms with van der Waals surface area (Å²) < 4.78 is 9.28. The zero-order chi connectivity index (χ0) is 9.23. The van der Waals surface area contributed by atoms with Crippen molar-refractivity contribution in [3.63, 3.8) is 0 Å².